The fourth-order valence-electron chi connectivity index (χ4n) is 23.3. The number of rotatable bonds is 27. The van der Waals surface area contributed by atoms with Gasteiger partial charge in [-0.05, 0) is 211 Å². The summed E-state index contributed by atoms with van der Waals surface area (Å²) >= 11 is 0. The highest BCUT2D eigenvalue weighted by Gasteiger charge is 2.57. The fraction of sp³-hybridized carbons (Fsp3) is 0.769. The van der Waals surface area contributed by atoms with Crippen molar-refractivity contribution in [2.45, 2.75) is 428 Å². The van der Waals surface area contributed by atoms with Crippen molar-refractivity contribution in [2.24, 2.45) is 45.8 Å². The quantitative estimate of drug-likeness (QED) is 0.0223. The number of pyridine rings is 1. The minimum Gasteiger partial charge on any atom is -0.459 e. The summed E-state index contributed by atoms with van der Waals surface area (Å²) in [5.74, 6) is -5.56. The summed E-state index contributed by atoms with van der Waals surface area (Å²) in [6, 6.07) is 18.4. The van der Waals surface area contributed by atoms with E-state index in [1.807, 2.05) is 122 Å². The van der Waals surface area contributed by atoms with Gasteiger partial charge in [0.25, 0.3) is 0 Å². The third-order valence-corrected chi connectivity index (χ3v) is 32.7. The van der Waals surface area contributed by atoms with Gasteiger partial charge in [0.1, 0.15) is 60.0 Å². The van der Waals surface area contributed by atoms with Crippen LogP contribution in [-0.2, 0) is 102 Å². The van der Waals surface area contributed by atoms with Crippen molar-refractivity contribution in [3.63, 3.8) is 0 Å². The van der Waals surface area contributed by atoms with Crippen molar-refractivity contribution in [1.29, 1.82) is 0 Å². The molecule has 0 aliphatic carbocycles. The number of esters is 2. The van der Waals surface area contributed by atoms with Gasteiger partial charge in [-0.3, -0.25) is 14.6 Å². The van der Waals surface area contributed by atoms with Gasteiger partial charge in [0.05, 0.1) is 119 Å². The van der Waals surface area contributed by atoms with Crippen molar-refractivity contribution in [3.8, 4) is 11.1 Å². The highest BCUT2D eigenvalue weighted by molar-refractivity contribution is 6.02. The van der Waals surface area contributed by atoms with E-state index in [9.17, 15) is 60.7 Å². The van der Waals surface area contributed by atoms with Crippen LogP contribution in [0.2, 0.25) is 0 Å². The molecule has 8 aliphatic rings. The lowest BCUT2D eigenvalue weighted by atomic mass is 9.77. The number of likely N-dealkylation sites (N-methyl/N-ethyl adjacent to an activating group) is 4. The number of aliphatic hydroxyl groups is 10. The van der Waals surface area contributed by atoms with Gasteiger partial charge in [0.2, 0.25) is 0 Å². The first-order valence-electron chi connectivity index (χ1n) is 53.0. The Morgan fingerprint density at radius 1 is 0.490 bits per heavy atom. The van der Waals surface area contributed by atoms with E-state index in [-0.39, 0.29) is 74.8 Å². The van der Waals surface area contributed by atoms with Gasteiger partial charge in [-0.25, -0.2) is 9.36 Å². The van der Waals surface area contributed by atoms with E-state index in [0.717, 1.165) is 45.1 Å². The van der Waals surface area contributed by atoms with Crippen molar-refractivity contribution >= 4 is 23.4 Å². The molecule has 6 saturated heterocycles. The van der Waals surface area contributed by atoms with Crippen molar-refractivity contribution < 1.29 is 127 Å². The van der Waals surface area contributed by atoms with Gasteiger partial charge in [0.15, 0.2) is 37.4 Å². The minimum absolute atomic E-state index is 0.100. The average Bonchev–Trinajstić information content (AvgIpc) is 1.76. The molecular weight excluding hydrogens is 1900 g/mol. The SMILES string of the molecule is CC[C@H]1OC(=O)[C@H](C)[C@@H](O[C@H]2C[C@@](C)(OC)[C@@H](O)[C@H](C)O2)[C@H](C)[C@@H](O[C@@H]2O[C@H](C)C[C@H](N(C)CCc3cn(CC4CC(c5ccc(-c6cccnc6)cc5)=NO4)nn3)[C@H]2O)[C@](C)(O)C[C@@H](C)CN(C)[C@H](C)[C@@H](O)[C@]1(C)O.CC[C@H]1OC(=O)[C@H](C)[C@@H](O[C@H]2C[C@@](C)(OC)[C@@H](O)[C@H](C)O2)[C@H](C)[C@@H](O[C@@H]2O[C@H](C)C[C@H](N(C)CCc3cn(CC4CC(c5ccc(C)cc5)=NO4)nn3)[C@H]2O)[C@](C)(O)C[C@@H](C)CN(C)[C@H](C)[C@@H](O)[C@]1(C)O. The van der Waals surface area contributed by atoms with Gasteiger partial charge >= 0.3 is 11.9 Å². The summed E-state index contributed by atoms with van der Waals surface area (Å²) < 4.78 is 80.3. The second-order valence-electron chi connectivity index (χ2n) is 45.4. The van der Waals surface area contributed by atoms with Crippen molar-refractivity contribution in [2.75, 3.05) is 68.6 Å². The molecule has 10 N–H and O–H groups in total. The molecule has 0 spiro atoms. The molecule has 5 aromatic rings. The summed E-state index contributed by atoms with van der Waals surface area (Å²) in [6.45, 7) is 40.1. The number of hydrogen-bond acceptors (Lipinski definition) is 37. The van der Waals surface area contributed by atoms with E-state index >= 15 is 0 Å². The number of carbonyl (C=O) groups is 2. The first-order valence-corrected chi connectivity index (χ1v) is 53.0. The molecule has 39 heteroatoms. The number of cyclic esters (lactones) is 2. The number of aromatic nitrogens is 7. The molecule has 13 rings (SSSR count). The van der Waals surface area contributed by atoms with Crippen LogP contribution in [0, 0.1) is 42.4 Å². The minimum atomic E-state index is -1.84. The molecule has 39 nitrogen and oxygen atoms in total. The summed E-state index contributed by atoms with van der Waals surface area (Å²) in [5, 5.41) is 146. The molecule has 11 heterocycles. The highest BCUT2D eigenvalue weighted by atomic mass is 16.7. The summed E-state index contributed by atoms with van der Waals surface area (Å²) in [4.78, 5) is 52.8. The Labute approximate surface area is 868 Å². The van der Waals surface area contributed by atoms with Crippen LogP contribution in [0.1, 0.15) is 231 Å². The summed E-state index contributed by atoms with van der Waals surface area (Å²) in [6.07, 6.45) is -8.68. The maximum atomic E-state index is 14.5. The number of ether oxygens (including phenoxy) is 12. The van der Waals surface area contributed by atoms with Gasteiger partial charge in [0, 0.05) is 140 Å². The molecule has 2 unspecified atom stereocenters. The molecule has 0 radical (unpaired) electrons. The van der Waals surface area contributed by atoms with Gasteiger partial charge in [-0.2, -0.15) is 0 Å². The Hall–Kier alpha value is -7.21. The number of carbonyl (C=O) groups excluding carboxylic acids is 2. The molecule has 0 bridgehead atoms. The predicted octanol–water partition coefficient (Wildman–Crippen LogP) is 7.97. The van der Waals surface area contributed by atoms with Crippen LogP contribution in [0.25, 0.3) is 11.1 Å². The topological polar surface area (TPSA) is 478 Å². The van der Waals surface area contributed by atoms with Crippen LogP contribution >= 0.6 is 0 Å². The first-order chi connectivity index (χ1) is 69.1. The standard InChI is InChI=1S/C56H87N7O13.C52H86N6O13/c1-14-45-56(10,69)49(65)36(6)62(12)29-32(2)26-54(8,68)51(34(4)48(35(5)52(67)73-45)74-46-27-55(9,70-13)50(66)37(7)72-46)75-53-47(64)44(24-33(3)71-53)61(11)23-21-41-30-63(60-58-41)31-42-25-43(59-76-42)39-19-17-38(18-20-39)40-16-15-22-57-28-40;1-15-41-52(11,64)45(60)34(7)57(13)26-30(3)24-50(9,63)47(32(5)44(33(6)48(62)68-41)69-42-25-51(10,65-14)46(61)35(8)67-42)70-49-43(59)40(22-31(4)66-49)56(12)21-20-37-27-58(55-53-37)28-38-23-39(54-71-38)36-18-16-29(2)17-19-36/h15-20,22,28,30,32-37,42,44-51,53,64-66,68-69H,14,21,23-27,29,31H2,1-13H3;16-19,27,30-35,38,40-47,49,59-61,63-64H,15,20-26,28H2,1-14H3/t32-,33-,34+,35-,36-,37+,42?,44+,45-,46+,47-,48+,49-,50+,51-,53+,54-,55-,56-;30-,31-,32+,33-,34-,35+,38?,40+,41-,42+,43-,44+,45-,46+,47-,49+,50-,51-,52-/m11/s1. The molecular formula is C108H173N13O26. The third kappa shape index (κ3) is 28.7. The van der Waals surface area contributed by atoms with Gasteiger partial charge < -0.3 is 137 Å². The zero-order chi connectivity index (χ0) is 108. The van der Waals surface area contributed by atoms with Gasteiger partial charge in [-0.15, -0.1) is 10.2 Å². The maximum absolute atomic E-state index is 14.5. The van der Waals surface area contributed by atoms with E-state index in [1.165, 1.54) is 33.6 Å². The Kier molecular flexibility index (Phi) is 40.6. The van der Waals surface area contributed by atoms with Crippen LogP contribution in [-0.4, -0.2) is 390 Å². The average molecular weight is 2070 g/mol. The van der Waals surface area contributed by atoms with E-state index in [0.29, 0.717) is 77.8 Å². The van der Waals surface area contributed by atoms with E-state index < -0.39 is 204 Å². The molecule has 0 saturated carbocycles. The fourth-order valence-corrected chi connectivity index (χ4v) is 23.3. The van der Waals surface area contributed by atoms with Crippen LogP contribution in [0.15, 0.2) is 95.8 Å². The molecule has 2 aromatic carbocycles. The number of aryl methyl sites for hydroxylation is 1. The Morgan fingerprint density at radius 2 is 0.871 bits per heavy atom. The smallest absolute Gasteiger partial charge is 0.311 e. The molecule has 6 fully saturated rings. The largest absolute Gasteiger partial charge is 0.459 e. The normalized spacial score (nSPS) is 40.4. The second kappa shape index (κ2) is 50.3. The number of hydrogen-bond donors (Lipinski definition) is 10. The zero-order valence-electron chi connectivity index (χ0n) is 91.6. The van der Waals surface area contributed by atoms with Crippen molar-refractivity contribution in [1.82, 2.24) is 54.6 Å². The van der Waals surface area contributed by atoms with Gasteiger partial charge in [-0.1, -0.05) is 122 Å². The molecule has 3 aromatic heterocycles. The maximum Gasteiger partial charge on any atom is 0.311 e. The lowest BCUT2D eigenvalue weighted by Crippen LogP contribution is -2.61. The number of oxime groups is 2. The molecule has 38 atom stereocenters. The Bertz CT molecular complexity index is 5020. The second-order valence-corrected chi connectivity index (χ2v) is 45.4. The molecule has 826 valence electrons. The Morgan fingerprint density at radius 3 is 1.24 bits per heavy atom. The van der Waals surface area contributed by atoms with Crippen LogP contribution < -0.4 is 0 Å². The number of benzene rings is 2. The van der Waals surface area contributed by atoms with E-state index in [2.05, 4.69) is 89.0 Å². The molecule has 8 aliphatic heterocycles. The first kappa shape index (κ1) is 118. The molecule has 147 heavy (non-hydrogen) atoms. The lowest BCUT2D eigenvalue weighted by molar-refractivity contribution is -0.318. The zero-order valence-corrected chi connectivity index (χ0v) is 91.6. The summed E-state index contributed by atoms with van der Waals surface area (Å²) in [7, 11) is 10.6. The number of aliphatic hydroxyl groups excluding tert-OH is 6. The molecule has 0 amide bonds. The number of methoxy groups -OCH3 is 2. The Balaban J connectivity index is 0.000000262. The van der Waals surface area contributed by atoms with Crippen LogP contribution in [0.3, 0.4) is 0 Å². The van der Waals surface area contributed by atoms with E-state index in [4.69, 9.17) is 66.5 Å². The monoisotopic (exact) mass is 2070 g/mol. The van der Waals surface area contributed by atoms with Crippen molar-refractivity contribution in [3.05, 3.63) is 114 Å². The third-order valence-electron chi connectivity index (χ3n) is 32.7. The van der Waals surface area contributed by atoms with Crippen LogP contribution in [0.5, 0.6) is 0 Å². The van der Waals surface area contributed by atoms with Crippen LogP contribution in [0.4, 0.5) is 0 Å². The summed E-state index contributed by atoms with van der Waals surface area (Å²) in [5.41, 5.74) is -0.398. The number of nitrogens with zero attached hydrogens (tertiary/aromatic N) is 13. The van der Waals surface area contributed by atoms with E-state index in [1.54, 1.807) is 98.6 Å². The predicted molar refractivity (Wildman–Crippen MR) is 547 cm³/mol. The lowest BCUT2D eigenvalue weighted by Gasteiger charge is -2.49. The highest BCUT2D eigenvalue weighted by Crippen LogP contribution is 2.45.